The van der Waals surface area contributed by atoms with Crippen molar-refractivity contribution in [1.82, 2.24) is 19.6 Å². The zero-order valence-corrected chi connectivity index (χ0v) is 17.0. The van der Waals surface area contributed by atoms with E-state index in [-0.39, 0.29) is 33.9 Å². The molecule has 0 fully saturated rings. The van der Waals surface area contributed by atoms with Crippen LogP contribution in [0.25, 0.3) is 39.3 Å². The summed E-state index contributed by atoms with van der Waals surface area (Å²) in [5.74, 6) is 0.183. The van der Waals surface area contributed by atoms with Gasteiger partial charge in [-0.1, -0.05) is 36.4 Å². The van der Waals surface area contributed by atoms with E-state index >= 15 is 0 Å². The number of ether oxygens (including phenoxy) is 1. The molecule has 0 amide bonds. The van der Waals surface area contributed by atoms with E-state index in [2.05, 4.69) is 15.1 Å². The zero-order valence-electron chi connectivity index (χ0n) is 17.0. The van der Waals surface area contributed by atoms with Crippen LogP contribution in [-0.2, 0) is 12.8 Å². The van der Waals surface area contributed by atoms with E-state index in [0.29, 0.717) is 21.4 Å². The van der Waals surface area contributed by atoms with Gasteiger partial charge in [-0.15, -0.1) is 0 Å². The first kappa shape index (κ1) is 20.8. The fourth-order valence-electron chi connectivity index (χ4n) is 3.72. The second-order valence-corrected chi connectivity index (χ2v) is 7.11. The number of aliphatic hydroxyl groups is 1. The fraction of sp³-hybridized carbons (Fsp3) is 0.136. The molecule has 0 aliphatic heterocycles. The van der Waals surface area contributed by atoms with Crippen molar-refractivity contribution in [3.63, 3.8) is 0 Å². The largest absolute Gasteiger partial charge is 0.494 e. The number of halogens is 3. The van der Waals surface area contributed by atoms with Crippen molar-refractivity contribution in [2.45, 2.75) is 12.8 Å². The van der Waals surface area contributed by atoms with Gasteiger partial charge in [-0.2, -0.15) is 17.7 Å². The van der Waals surface area contributed by atoms with Crippen LogP contribution in [-0.4, -0.2) is 31.8 Å². The van der Waals surface area contributed by atoms with Crippen LogP contribution in [0.3, 0.4) is 0 Å². The van der Waals surface area contributed by atoms with Crippen LogP contribution in [0.5, 0.6) is 5.75 Å². The summed E-state index contributed by atoms with van der Waals surface area (Å²) in [6.07, 6.45) is -4.80. The third-order valence-corrected chi connectivity index (χ3v) is 5.17. The third kappa shape index (κ3) is 3.24. The number of alkyl halides is 3. The number of oxazole rings is 1. The van der Waals surface area contributed by atoms with Crippen LogP contribution in [0.4, 0.5) is 13.2 Å². The van der Waals surface area contributed by atoms with Crippen molar-refractivity contribution in [3.8, 4) is 28.3 Å². The van der Waals surface area contributed by atoms with Crippen molar-refractivity contribution in [2.24, 2.45) is 0 Å². The molecule has 3 aromatic heterocycles. The summed E-state index contributed by atoms with van der Waals surface area (Å²) in [5.41, 5.74) is -2.24. The van der Waals surface area contributed by atoms with Gasteiger partial charge in [0.25, 0.3) is 5.56 Å². The van der Waals surface area contributed by atoms with Gasteiger partial charge in [0.1, 0.15) is 17.0 Å². The van der Waals surface area contributed by atoms with E-state index < -0.39 is 24.0 Å². The highest BCUT2D eigenvalue weighted by Gasteiger charge is 2.38. The van der Waals surface area contributed by atoms with E-state index in [9.17, 15) is 23.1 Å². The number of para-hydroxylation sites is 1. The van der Waals surface area contributed by atoms with E-state index in [1.165, 1.54) is 19.2 Å². The number of H-pyrrole nitrogens is 1. The highest BCUT2D eigenvalue weighted by atomic mass is 19.4. The molecule has 0 atom stereocenters. The minimum absolute atomic E-state index is 0.171. The highest BCUT2D eigenvalue weighted by Crippen LogP contribution is 2.38. The summed E-state index contributed by atoms with van der Waals surface area (Å²) in [4.78, 5) is 21.8. The number of nitrogens with one attached hydrogen (secondary N) is 1. The average Bonchev–Trinajstić information content (AvgIpc) is 3.41. The van der Waals surface area contributed by atoms with Gasteiger partial charge in [0.15, 0.2) is 16.7 Å². The number of aromatic nitrogens is 4. The average molecular weight is 456 g/mol. The van der Waals surface area contributed by atoms with Crippen molar-refractivity contribution >= 4 is 16.7 Å². The van der Waals surface area contributed by atoms with Crippen molar-refractivity contribution in [2.75, 3.05) is 7.11 Å². The molecule has 8 nitrogen and oxygen atoms in total. The molecule has 11 heteroatoms. The van der Waals surface area contributed by atoms with Gasteiger partial charge in [0.2, 0.25) is 5.89 Å². The SMILES string of the molecule is COc1cccc2oc(-c3c(CO)nc4c(-c5ccccc5)c(C(F)(F)F)[nH]n4c3=O)nc12. The molecule has 0 radical (unpaired) electrons. The summed E-state index contributed by atoms with van der Waals surface area (Å²) in [7, 11) is 1.44. The number of hydrogen-bond acceptors (Lipinski definition) is 6. The quantitative estimate of drug-likeness (QED) is 0.423. The maximum atomic E-state index is 13.9. The van der Waals surface area contributed by atoms with Crippen LogP contribution in [0.2, 0.25) is 0 Å². The normalized spacial score (nSPS) is 12.0. The number of methoxy groups -OCH3 is 1. The number of aliphatic hydroxyl groups excluding tert-OH is 1. The molecule has 0 aliphatic carbocycles. The standard InChI is InChI=1S/C22H15F3N4O4/c1-32-13-8-5-9-14-17(13)27-20(33-14)16-12(10-30)26-19-15(11-6-3-2-4-7-11)18(22(23,24)25)28-29(19)21(16)31/h2-9,28,30H,10H2,1H3. The Balaban J connectivity index is 1.85. The van der Waals surface area contributed by atoms with Gasteiger partial charge in [-0.3, -0.25) is 9.89 Å². The van der Waals surface area contributed by atoms with E-state index in [0.717, 1.165) is 0 Å². The third-order valence-electron chi connectivity index (χ3n) is 5.17. The fourth-order valence-corrected chi connectivity index (χ4v) is 3.72. The smallest absolute Gasteiger partial charge is 0.433 e. The molecular weight excluding hydrogens is 441 g/mol. The lowest BCUT2D eigenvalue weighted by atomic mass is 10.1. The van der Waals surface area contributed by atoms with Gasteiger partial charge in [0.05, 0.1) is 25.0 Å². The number of rotatable bonds is 4. The van der Waals surface area contributed by atoms with Gasteiger partial charge in [-0.25, -0.2) is 9.97 Å². The van der Waals surface area contributed by atoms with E-state index in [4.69, 9.17) is 9.15 Å². The number of nitrogens with zero attached hydrogens (tertiary/aromatic N) is 3. The minimum atomic E-state index is -4.80. The van der Waals surface area contributed by atoms with Gasteiger partial charge >= 0.3 is 6.18 Å². The molecule has 0 spiro atoms. The lowest BCUT2D eigenvalue weighted by Gasteiger charge is -2.07. The molecule has 5 rings (SSSR count). The van der Waals surface area contributed by atoms with Crippen molar-refractivity contribution in [1.29, 1.82) is 0 Å². The maximum absolute atomic E-state index is 13.9. The summed E-state index contributed by atoms with van der Waals surface area (Å²) in [6.45, 7) is -0.725. The second-order valence-electron chi connectivity index (χ2n) is 7.11. The molecule has 33 heavy (non-hydrogen) atoms. The van der Waals surface area contributed by atoms with E-state index in [1.807, 2.05) is 0 Å². The monoisotopic (exact) mass is 456 g/mol. The maximum Gasteiger partial charge on any atom is 0.433 e. The Hall–Kier alpha value is -4.12. The first-order chi connectivity index (χ1) is 15.8. The molecule has 168 valence electrons. The molecule has 5 aromatic rings. The first-order valence-electron chi connectivity index (χ1n) is 9.68. The number of benzene rings is 2. The summed E-state index contributed by atoms with van der Waals surface area (Å²) in [5, 5.41) is 12.1. The summed E-state index contributed by atoms with van der Waals surface area (Å²) in [6, 6.07) is 12.7. The topological polar surface area (TPSA) is 106 Å². The predicted octanol–water partition coefficient (Wildman–Crippen LogP) is 4.02. The molecule has 0 saturated heterocycles. The van der Waals surface area contributed by atoms with Gasteiger partial charge in [0, 0.05) is 0 Å². The summed E-state index contributed by atoms with van der Waals surface area (Å²) < 4.78 is 53.2. The number of aromatic amines is 1. The molecule has 0 bridgehead atoms. The molecular formula is C22H15F3N4O4. The lowest BCUT2D eigenvalue weighted by molar-refractivity contribution is -0.140. The van der Waals surface area contributed by atoms with Crippen LogP contribution in [0.1, 0.15) is 11.4 Å². The Labute approximate surface area is 182 Å². The molecule has 0 saturated carbocycles. The van der Waals surface area contributed by atoms with Crippen LogP contribution in [0.15, 0.2) is 57.7 Å². The molecule has 2 aromatic carbocycles. The molecule has 2 N–H and O–H groups in total. The van der Waals surface area contributed by atoms with Gasteiger partial charge in [-0.05, 0) is 17.7 Å². The molecule has 0 unspecified atom stereocenters. The molecule has 3 heterocycles. The van der Waals surface area contributed by atoms with Crippen LogP contribution >= 0.6 is 0 Å². The van der Waals surface area contributed by atoms with Crippen molar-refractivity contribution < 1.29 is 27.4 Å². The van der Waals surface area contributed by atoms with Gasteiger partial charge < -0.3 is 14.3 Å². The zero-order chi connectivity index (χ0) is 23.3. The minimum Gasteiger partial charge on any atom is -0.494 e. The lowest BCUT2D eigenvalue weighted by Crippen LogP contribution is -2.21. The highest BCUT2D eigenvalue weighted by molar-refractivity contribution is 5.84. The Kier molecular flexibility index (Phi) is 4.71. The Morgan fingerprint density at radius 2 is 1.85 bits per heavy atom. The summed E-state index contributed by atoms with van der Waals surface area (Å²) >= 11 is 0. The Morgan fingerprint density at radius 3 is 2.52 bits per heavy atom. The van der Waals surface area contributed by atoms with E-state index in [1.54, 1.807) is 36.4 Å². The first-order valence-corrected chi connectivity index (χ1v) is 9.68. The molecule has 0 aliphatic rings. The Bertz CT molecular complexity index is 1550. The van der Waals surface area contributed by atoms with Crippen LogP contribution < -0.4 is 10.3 Å². The second kappa shape index (κ2) is 7.48. The predicted molar refractivity (Wildman–Crippen MR) is 112 cm³/mol. The number of fused-ring (bicyclic) bond motifs is 2. The number of hydrogen-bond donors (Lipinski definition) is 2. The Morgan fingerprint density at radius 1 is 1.09 bits per heavy atom. The van der Waals surface area contributed by atoms with Crippen molar-refractivity contribution in [3.05, 3.63) is 70.3 Å². The van der Waals surface area contributed by atoms with Crippen LogP contribution in [0, 0.1) is 0 Å².